The molecule has 564 valence electrons. The van der Waals surface area contributed by atoms with Crippen LogP contribution in [0.2, 0.25) is 0 Å². The number of phosphoric ester groups is 2. The number of aliphatic hydroxyl groups excluding tert-OH is 1. The predicted molar refractivity (Wildman–Crippen MR) is 386 cm³/mol. The van der Waals surface area contributed by atoms with Crippen molar-refractivity contribution in [2.75, 3.05) is 39.6 Å². The van der Waals surface area contributed by atoms with Gasteiger partial charge < -0.3 is 33.8 Å². The zero-order valence-electron chi connectivity index (χ0n) is 62.0. The fraction of sp³-hybridized carbons (Fsp3) is 0.947. The summed E-state index contributed by atoms with van der Waals surface area (Å²) in [5.41, 5.74) is 0. The van der Waals surface area contributed by atoms with Crippen LogP contribution >= 0.6 is 15.6 Å². The number of phosphoric acid groups is 2. The highest BCUT2D eigenvalue weighted by Gasteiger charge is 2.30. The summed E-state index contributed by atoms with van der Waals surface area (Å²) in [7, 11) is -9.91. The van der Waals surface area contributed by atoms with Crippen molar-refractivity contribution in [1.29, 1.82) is 0 Å². The minimum absolute atomic E-state index is 0.103. The van der Waals surface area contributed by atoms with Crippen LogP contribution in [0, 0.1) is 11.8 Å². The summed E-state index contributed by atoms with van der Waals surface area (Å²) in [6, 6.07) is 0. The Morgan fingerprint density at radius 1 is 0.305 bits per heavy atom. The van der Waals surface area contributed by atoms with Gasteiger partial charge in [0.1, 0.15) is 19.3 Å². The predicted octanol–water partition coefficient (Wildman–Crippen LogP) is 22.3. The molecule has 0 saturated carbocycles. The first-order valence-electron chi connectivity index (χ1n) is 39.5. The van der Waals surface area contributed by atoms with Gasteiger partial charge in [-0.2, -0.15) is 0 Å². The molecule has 0 spiro atoms. The molecule has 0 aromatic rings. The number of hydrogen-bond donors (Lipinski definition) is 3. The minimum Gasteiger partial charge on any atom is -0.462 e. The Morgan fingerprint density at radius 2 is 0.537 bits per heavy atom. The molecule has 3 N–H and O–H groups in total. The van der Waals surface area contributed by atoms with Gasteiger partial charge in [0.2, 0.25) is 0 Å². The molecule has 0 saturated heterocycles. The average Bonchev–Trinajstić information content (AvgIpc) is 2.20. The summed E-state index contributed by atoms with van der Waals surface area (Å²) in [5, 5.41) is 10.6. The smallest absolute Gasteiger partial charge is 0.462 e. The van der Waals surface area contributed by atoms with E-state index in [1.54, 1.807) is 0 Å². The molecular formula is C76H148O17P2. The minimum atomic E-state index is -4.96. The molecule has 0 fully saturated rings. The quantitative estimate of drug-likeness (QED) is 0.0222. The van der Waals surface area contributed by atoms with Crippen molar-refractivity contribution in [3.63, 3.8) is 0 Å². The van der Waals surface area contributed by atoms with Crippen LogP contribution in [-0.2, 0) is 65.4 Å². The lowest BCUT2D eigenvalue weighted by atomic mass is 10.00. The lowest BCUT2D eigenvalue weighted by Crippen LogP contribution is -2.30. The lowest BCUT2D eigenvalue weighted by molar-refractivity contribution is -0.161. The van der Waals surface area contributed by atoms with E-state index in [0.717, 1.165) is 102 Å². The molecule has 0 rings (SSSR count). The Kier molecular flexibility index (Phi) is 66.5. The molecule has 0 radical (unpaired) electrons. The van der Waals surface area contributed by atoms with E-state index in [0.29, 0.717) is 31.6 Å². The molecule has 17 nitrogen and oxygen atoms in total. The Hall–Kier alpha value is -1.94. The standard InChI is InChI=1S/C76H148O17P2/c1-7-10-12-14-16-18-20-22-23-24-25-26-27-28-29-30-32-34-36-40-48-54-60-75(80)92-71(64-86-73(78)58-52-46-39-35-33-31-21-19-17-15-13-11-8-2)66-90-94(82,83)88-62-70(77)63-89-95(84,85)91-67-72(93-76(81)61-55-49-41-37-38-44-50-56-68(4)5)65-87-74(79)59-53-47-43-42-45-51-57-69(6)9-3/h68-72,77H,7-67H2,1-6H3,(H,82,83)(H,84,85)/t69?,70-,71-,72-/m1/s1. The van der Waals surface area contributed by atoms with Crippen molar-refractivity contribution in [3.05, 3.63) is 0 Å². The van der Waals surface area contributed by atoms with Crippen molar-refractivity contribution in [2.45, 2.75) is 413 Å². The van der Waals surface area contributed by atoms with Crippen molar-refractivity contribution >= 4 is 39.5 Å². The molecule has 0 heterocycles. The molecule has 95 heavy (non-hydrogen) atoms. The third kappa shape index (κ3) is 69.0. The van der Waals surface area contributed by atoms with Gasteiger partial charge in [-0.25, -0.2) is 9.13 Å². The fourth-order valence-corrected chi connectivity index (χ4v) is 13.2. The normalized spacial score (nSPS) is 14.3. The van der Waals surface area contributed by atoms with Crippen molar-refractivity contribution in [1.82, 2.24) is 0 Å². The Labute approximate surface area is 581 Å². The van der Waals surface area contributed by atoms with Gasteiger partial charge in [0, 0.05) is 25.7 Å². The Balaban J connectivity index is 5.17. The Bertz CT molecular complexity index is 1840. The maximum atomic E-state index is 13.1. The molecule has 0 bridgehead atoms. The van der Waals surface area contributed by atoms with E-state index < -0.39 is 97.5 Å². The number of unbranched alkanes of at least 4 members (excludes halogenated alkanes) is 44. The maximum Gasteiger partial charge on any atom is 0.472 e. The van der Waals surface area contributed by atoms with Gasteiger partial charge >= 0.3 is 39.5 Å². The SMILES string of the molecule is CCCCCCCCCCCCCCCCCCCCCCCCC(=O)O[C@H](COC(=O)CCCCCCCCCCCCCCC)COP(=O)(O)OC[C@@H](O)COP(=O)(O)OC[C@@H](COC(=O)CCCCCCCCC(C)CC)OC(=O)CCCCCCCCCC(C)C. The van der Waals surface area contributed by atoms with Gasteiger partial charge in [-0.05, 0) is 37.5 Å². The third-order valence-electron chi connectivity index (χ3n) is 18.1. The number of carbonyl (C=O) groups is 4. The number of esters is 4. The summed E-state index contributed by atoms with van der Waals surface area (Å²) in [6.07, 6.45) is 55.8. The summed E-state index contributed by atoms with van der Waals surface area (Å²) in [4.78, 5) is 72.7. The number of ether oxygens (including phenoxy) is 4. The van der Waals surface area contributed by atoms with E-state index >= 15 is 0 Å². The monoisotopic (exact) mass is 1400 g/mol. The van der Waals surface area contributed by atoms with Gasteiger partial charge in [-0.3, -0.25) is 37.3 Å². The number of rotatable bonds is 75. The molecule has 0 amide bonds. The second-order valence-electron chi connectivity index (χ2n) is 28.1. The van der Waals surface area contributed by atoms with Crippen LogP contribution < -0.4 is 0 Å². The highest BCUT2D eigenvalue weighted by Crippen LogP contribution is 2.45. The van der Waals surface area contributed by atoms with Crippen LogP contribution in [0.15, 0.2) is 0 Å². The molecule has 0 aromatic carbocycles. The first-order chi connectivity index (χ1) is 45.9. The van der Waals surface area contributed by atoms with Gasteiger partial charge in [0.15, 0.2) is 12.2 Å². The zero-order chi connectivity index (χ0) is 70.0. The van der Waals surface area contributed by atoms with Crippen molar-refractivity contribution < 1.29 is 80.2 Å². The zero-order valence-corrected chi connectivity index (χ0v) is 63.8. The summed E-state index contributed by atoms with van der Waals surface area (Å²) < 4.78 is 68.4. The van der Waals surface area contributed by atoms with E-state index in [1.165, 1.54) is 205 Å². The van der Waals surface area contributed by atoms with Crippen LogP contribution in [0.1, 0.15) is 395 Å². The van der Waals surface area contributed by atoms with Gasteiger partial charge in [-0.1, -0.05) is 343 Å². The molecule has 0 aliphatic heterocycles. The highest BCUT2D eigenvalue weighted by atomic mass is 31.2. The van der Waals surface area contributed by atoms with Crippen LogP contribution in [0.5, 0.6) is 0 Å². The summed E-state index contributed by atoms with van der Waals surface area (Å²) in [5.74, 6) is -0.694. The number of carbonyl (C=O) groups excluding carboxylic acids is 4. The van der Waals surface area contributed by atoms with Crippen LogP contribution in [0.3, 0.4) is 0 Å². The van der Waals surface area contributed by atoms with Gasteiger partial charge in [0.25, 0.3) is 0 Å². The van der Waals surface area contributed by atoms with Crippen molar-refractivity contribution in [2.24, 2.45) is 11.8 Å². The van der Waals surface area contributed by atoms with Crippen LogP contribution in [-0.4, -0.2) is 96.7 Å². The number of aliphatic hydroxyl groups is 1. The van der Waals surface area contributed by atoms with E-state index in [-0.39, 0.29) is 25.7 Å². The van der Waals surface area contributed by atoms with Crippen LogP contribution in [0.25, 0.3) is 0 Å². The fourth-order valence-electron chi connectivity index (χ4n) is 11.6. The largest absolute Gasteiger partial charge is 0.472 e. The molecule has 19 heteroatoms. The third-order valence-corrected chi connectivity index (χ3v) is 20.0. The molecule has 0 aliphatic rings. The maximum absolute atomic E-state index is 13.1. The van der Waals surface area contributed by atoms with Gasteiger partial charge in [-0.15, -0.1) is 0 Å². The molecule has 0 aromatic heterocycles. The molecule has 3 unspecified atom stereocenters. The second-order valence-corrected chi connectivity index (χ2v) is 31.0. The molecule has 6 atom stereocenters. The highest BCUT2D eigenvalue weighted by molar-refractivity contribution is 7.47. The second kappa shape index (κ2) is 67.9. The lowest BCUT2D eigenvalue weighted by Gasteiger charge is -2.21. The first kappa shape index (κ1) is 93.1. The van der Waals surface area contributed by atoms with Crippen LogP contribution in [0.4, 0.5) is 0 Å². The topological polar surface area (TPSA) is 237 Å². The van der Waals surface area contributed by atoms with Gasteiger partial charge in [0.05, 0.1) is 26.4 Å². The van der Waals surface area contributed by atoms with Crippen molar-refractivity contribution in [3.8, 4) is 0 Å². The summed E-state index contributed by atoms with van der Waals surface area (Å²) in [6.45, 7) is 9.48. The molecule has 0 aliphatic carbocycles. The average molecular weight is 1400 g/mol. The number of hydrogen-bond acceptors (Lipinski definition) is 15. The molecular weight excluding hydrogens is 1250 g/mol. The first-order valence-corrected chi connectivity index (χ1v) is 42.5. The Morgan fingerprint density at radius 3 is 0.800 bits per heavy atom. The van der Waals surface area contributed by atoms with E-state index in [2.05, 4.69) is 41.5 Å². The van der Waals surface area contributed by atoms with E-state index in [9.17, 15) is 43.2 Å². The summed E-state index contributed by atoms with van der Waals surface area (Å²) >= 11 is 0. The van der Waals surface area contributed by atoms with E-state index in [1.807, 2.05) is 0 Å². The van der Waals surface area contributed by atoms with E-state index in [4.69, 9.17) is 37.0 Å².